The van der Waals surface area contributed by atoms with Crippen molar-refractivity contribution in [3.63, 3.8) is 0 Å². The minimum Gasteiger partial charge on any atom is -0.458 e. The second kappa shape index (κ2) is 7.76. The van der Waals surface area contributed by atoms with Crippen molar-refractivity contribution in [3.8, 4) is 0 Å². The molecule has 0 amide bonds. The maximum absolute atomic E-state index is 12.2. The minimum absolute atomic E-state index is 0.175. The second-order valence-corrected chi connectivity index (χ2v) is 8.00. The van der Waals surface area contributed by atoms with Crippen molar-refractivity contribution in [3.05, 3.63) is 36.0 Å². The lowest BCUT2D eigenvalue weighted by atomic mass is 9.82. The normalized spacial score (nSPS) is 36.1. The molecule has 2 heterocycles. The molecule has 8 nitrogen and oxygen atoms in total. The molecule has 0 aromatic carbocycles. The lowest BCUT2D eigenvalue weighted by Gasteiger charge is -2.29. The Bertz CT molecular complexity index is 797. The first-order chi connectivity index (χ1) is 13.6. The number of carbonyl (C=O) groups is 3. The molecule has 8 heteroatoms. The van der Waals surface area contributed by atoms with E-state index in [4.69, 9.17) is 18.9 Å². The average Bonchev–Trinajstić information content (AvgIpc) is 3.16. The van der Waals surface area contributed by atoms with Gasteiger partial charge in [0, 0.05) is 30.9 Å². The third-order valence-corrected chi connectivity index (χ3v) is 5.62. The van der Waals surface area contributed by atoms with E-state index in [1.807, 2.05) is 6.92 Å². The molecule has 2 aliphatic heterocycles. The number of aliphatic hydroxyl groups is 1. The first-order valence-corrected chi connectivity index (χ1v) is 9.48. The number of rotatable bonds is 4. The summed E-state index contributed by atoms with van der Waals surface area (Å²) in [5.41, 5.74) is 0.151. The Labute approximate surface area is 169 Å². The fourth-order valence-electron chi connectivity index (χ4n) is 3.97. The van der Waals surface area contributed by atoms with Gasteiger partial charge in [0.1, 0.15) is 18.3 Å². The van der Waals surface area contributed by atoms with Gasteiger partial charge in [-0.3, -0.25) is 4.79 Å². The highest BCUT2D eigenvalue weighted by molar-refractivity contribution is 5.91. The van der Waals surface area contributed by atoms with Gasteiger partial charge in [0.15, 0.2) is 0 Å². The molecule has 3 aliphatic rings. The highest BCUT2D eigenvalue weighted by Gasteiger charge is 2.58. The minimum atomic E-state index is -0.822. The number of epoxide rings is 1. The highest BCUT2D eigenvalue weighted by Crippen LogP contribution is 2.48. The fraction of sp³-hybridized carbons (Fsp3) is 0.571. The predicted octanol–water partition coefficient (Wildman–Crippen LogP) is 1.37. The molecule has 0 bridgehead atoms. The molecule has 2 saturated heterocycles. The van der Waals surface area contributed by atoms with Gasteiger partial charge in [-0.2, -0.15) is 0 Å². The molecule has 2 fully saturated rings. The lowest BCUT2D eigenvalue weighted by Crippen LogP contribution is -2.38. The summed E-state index contributed by atoms with van der Waals surface area (Å²) in [5.74, 6) is -2.34. The molecule has 6 unspecified atom stereocenters. The third kappa shape index (κ3) is 4.28. The van der Waals surface area contributed by atoms with Gasteiger partial charge in [-0.25, -0.2) is 9.59 Å². The van der Waals surface area contributed by atoms with Crippen LogP contribution in [-0.4, -0.2) is 59.6 Å². The van der Waals surface area contributed by atoms with Gasteiger partial charge >= 0.3 is 17.9 Å². The maximum atomic E-state index is 12.2. The van der Waals surface area contributed by atoms with Gasteiger partial charge in [-0.05, 0) is 25.5 Å². The van der Waals surface area contributed by atoms with Crippen molar-refractivity contribution < 1.29 is 38.4 Å². The van der Waals surface area contributed by atoms with Gasteiger partial charge in [0.25, 0.3) is 0 Å². The molecule has 0 radical (unpaired) electrons. The van der Waals surface area contributed by atoms with Crippen LogP contribution in [-0.2, 0) is 33.3 Å². The summed E-state index contributed by atoms with van der Waals surface area (Å²) in [4.78, 5) is 36.0. The largest absolute Gasteiger partial charge is 0.458 e. The summed E-state index contributed by atoms with van der Waals surface area (Å²) in [5, 5.41) is 9.89. The Hall–Kier alpha value is -2.45. The molecular formula is C21H26O8. The molecule has 158 valence electrons. The average molecular weight is 406 g/mol. The smallest absolute Gasteiger partial charge is 0.334 e. The summed E-state index contributed by atoms with van der Waals surface area (Å²) < 4.78 is 22.3. The summed E-state index contributed by atoms with van der Waals surface area (Å²) in [6.45, 7) is 11.7. The fourth-order valence-corrected chi connectivity index (χ4v) is 3.97. The number of esters is 3. The van der Waals surface area contributed by atoms with E-state index in [1.165, 1.54) is 13.8 Å². The van der Waals surface area contributed by atoms with E-state index >= 15 is 0 Å². The van der Waals surface area contributed by atoms with Crippen LogP contribution < -0.4 is 0 Å². The quantitative estimate of drug-likeness (QED) is 0.245. The van der Waals surface area contributed by atoms with E-state index in [0.717, 1.165) is 0 Å². The van der Waals surface area contributed by atoms with Gasteiger partial charge in [-0.15, -0.1) is 0 Å². The number of carbonyl (C=O) groups excluding carboxylic acids is 3. The van der Waals surface area contributed by atoms with Gasteiger partial charge < -0.3 is 24.1 Å². The zero-order valence-electron chi connectivity index (χ0n) is 16.8. The zero-order valence-corrected chi connectivity index (χ0v) is 16.8. The van der Waals surface area contributed by atoms with E-state index in [1.54, 1.807) is 6.08 Å². The Morgan fingerprint density at radius 2 is 2.03 bits per heavy atom. The van der Waals surface area contributed by atoms with E-state index < -0.39 is 54.3 Å². The lowest BCUT2D eigenvalue weighted by molar-refractivity contribution is -0.149. The van der Waals surface area contributed by atoms with E-state index in [-0.39, 0.29) is 17.3 Å². The van der Waals surface area contributed by atoms with E-state index in [0.29, 0.717) is 18.4 Å². The van der Waals surface area contributed by atoms with Crippen LogP contribution in [0.5, 0.6) is 0 Å². The molecule has 29 heavy (non-hydrogen) atoms. The monoisotopic (exact) mass is 406 g/mol. The standard InChI is InChI=1S/C21H26O8/c1-10(2)19(24)28-16-8-21(5)17(29-21)7-14(26-12(4)23)13(9-22)6-15-18(16)11(3)20(25)27-15/h6,14-18,22H,1,3,7-9H2,2,4-5H3. The van der Waals surface area contributed by atoms with Gasteiger partial charge in [0.2, 0.25) is 0 Å². The van der Waals surface area contributed by atoms with Crippen LogP contribution in [0.25, 0.3) is 0 Å². The highest BCUT2D eigenvalue weighted by atomic mass is 16.6. The first-order valence-electron chi connectivity index (χ1n) is 9.48. The Kier molecular flexibility index (Phi) is 5.69. The summed E-state index contributed by atoms with van der Waals surface area (Å²) in [6, 6.07) is 0. The molecule has 0 saturated carbocycles. The van der Waals surface area contributed by atoms with Crippen LogP contribution in [0.15, 0.2) is 36.0 Å². The Morgan fingerprint density at radius 1 is 1.34 bits per heavy atom. The molecule has 1 aliphatic carbocycles. The van der Waals surface area contributed by atoms with Crippen LogP contribution in [0.4, 0.5) is 0 Å². The van der Waals surface area contributed by atoms with Gasteiger partial charge in [-0.1, -0.05) is 13.2 Å². The van der Waals surface area contributed by atoms with Crippen molar-refractivity contribution in [2.45, 2.75) is 63.6 Å². The molecule has 0 aromatic rings. The Morgan fingerprint density at radius 3 is 2.62 bits per heavy atom. The van der Waals surface area contributed by atoms with E-state index in [9.17, 15) is 19.5 Å². The zero-order chi connectivity index (χ0) is 21.5. The van der Waals surface area contributed by atoms with Crippen molar-refractivity contribution >= 4 is 17.9 Å². The summed E-state index contributed by atoms with van der Waals surface area (Å²) in [7, 11) is 0. The first kappa shape index (κ1) is 21.3. The van der Waals surface area contributed by atoms with Crippen LogP contribution >= 0.6 is 0 Å². The van der Waals surface area contributed by atoms with Crippen molar-refractivity contribution in [2.75, 3.05) is 6.61 Å². The molecular weight excluding hydrogens is 380 g/mol. The molecule has 6 atom stereocenters. The number of ether oxygens (including phenoxy) is 4. The van der Waals surface area contributed by atoms with Crippen LogP contribution in [0.3, 0.4) is 0 Å². The summed E-state index contributed by atoms with van der Waals surface area (Å²) in [6.07, 6.45) is -0.348. The predicted molar refractivity (Wildman–Crippen MR) is 100 cm³/mol. The van der Waals surface area contributed by atoms with Crippen molar-refractivity contribution in [1.29, 1.82) is 0 Å². The number of hydrogen-bond acceptors (Lipinski definition) is 8. The topological polar surface area (TPSA) is 112 Å². The van der Waals surface area contributed by atoms with Crippen LogP contribution in [0.1, 0.15) is 33.6 Å². The maximum Gasteiger partial charge on any atom is 0.334 e. The van der Waals surface area contributed by atoms with Crippen molar-refractivity contribution in [2.24, 2.45) is 5.92 Å². The third-order valence-electron chi connectivity index (χ3n) is 5.62. The molecule has 0 aromatic heterocycles. The number of aliphatic hydroxyl groups excluding tert-OH is 1. The molecule has 0 spiro atoms. The van der Waals surface area contributed by atoms with Gasteiger partial charge in [0.05, 0.1) is 24.2 Å². The summed E-state index contributed by atoms with van der Waals surface area (Å²) >= 11 is 0. The SMILES string of the molecule is C=C(C)C(=O)OC1CC2(C)OC2CC(OC(C)=O)C(CO)=CC2OC(=O)C(=C)C21. The van der Waals surface area contributed by atoms with E-state index in [2.05, 4.69) is 13.2 Å². The van der Waals surface area contributed by atoms with Crippen molar-refractivity contribution in [1.82, 2.24) is 0 Å². The molecule has 3 rings (SSSR count). The number of hydrogen-bond donors (Lipinski definition) is 1. The second-order valence-electron chi connectivity index (χ2n) is 8.00. The number of fused-ring (bicyclic) bond motifs is 2. The Balaban J connectivity index is 2.02. The molecule has 1 N–H and O–H groups in total. The van der Waals surface area contributed by atoms with Crippen LogP contribution in [0, 0.1) is 5.92 Å². The van der Waals surface area contributed by atoms with Crippen LogP contribution in [0.2, 0.25) is 0 Å².